The van der Waals surface area contributed by atoms with Crippen molar-refractivity contribution in [1.29, 1.82) is 0 Å². The second kappa shape index (κ2) is 23.2. The lowest BCUT2D eigenvalue weighted by Crippen LogP contribution is -2.14. The van der Waals surface area contributed by atoms with Crippen LogP contribution in [0.2, 0.25) is 0 Å². The molecular weight excluding hydrogens is 781 g/mol. The lowest BCUT2D eigenvalue weighted by Gasteiger charge is -2.25. The van der Waals surface area contributed by atoms with E-state index in [2.05, 4.69) is 209 Å². The Morgan fingerprint density at radius 3 is 1.20 bits per heavy atom. The maximum Gasteiger partial charge on any atom is 0.156 e. The molecule has 0 amide bonds. The van der Waals surface area contributed by atoms with Crippen LogP contribution in [0.15, 0.2) is 253 Å². The summed E-state index contributed by atoms with van der Waals surface area (Å²) >= 11 is 0. The molecule has 2 N–H and O–H groups in total. The monoisotopic (exact) mass is 834 g/mol. The van der Waals surface area contributed by atoms with Crippen LogP contribution in [0.4, 0.5) is 39.8 Å². The fraction of sp³-hybridized carbons (Fsp3) is 0.0690. The fourth-order valence-electron chi connectivity index (χ4n) is 7.14. The summed E-state index contributed by atoms with van der Waals surface area (Å²) in [5.74, 6) is 0.636. The Hall–Kier alpha value is -8.06. The summed E-state index contributed by atoms with van der Waals surface area (Å²) in [7, 11) is 1.90. The molecule has 0 aliphatic rings. The number of amidine groups is 1. The first kappa shape index (κ1) is 44.0. The van der Waals surface area contributed by atoms with Crippen molar-refractivity contribution >= 4 is 57.4 Å². The van der Waals surface area contributed by atoms with Gasteiger partial charge in [-0.2, -0.15) is 0 Å². The minimum atomic E-state index is 0.419. The Morgan fingerprint density at radius 2 is 0.812 bits per heavy atom. The molecule has 316 valence electrons. The number of hydrogen-bond donors (Lipinski definition) is 2. The third kappa shape index (κ3) is 11.9. The van der Waals surface area contributed by atoms with Crippen LogP contribution in [-0.4, -0.2) is 25.3 Å². The first-order valence-electron chi connectivity index (χ1n) is 21.6. The predicted molar refractivity (Wildman–Crippen MR) is 274 cm³/mol. The smallest absolute Gasteiger partial charge is 0.156 e. The van der Waals surface area contributed by atoms with Gasteiger partial charge in [0.15, 0.2) is 5.84 Å². The van der Waals surface area contributed by atoms with Crippen molar-refractivity contribution in [2.75, 3.05) is 28.8 Å². The van der Waals surface area contributed by atoms with Crippen LogP contribution in [0.1, 0.15) is 36.1 Å². The molecule has 0 aliphatic carbocycles. The average molecular weight is 835 g/mol. The van der Waals surface area contributed by atoms with Crippen LogP contribution in [0, 0.1) is 0 Å². The molecule has 0 aliphatic heterocycles. The molecule has 0 saturated heterocycles. The quantitative estimate of drug-likeness (QED) is 0.0846. The van der Waals surface area contributed by atoms with E-state index in [0.29, 0.717) is 12.5 Å². The number of hydrogen-bond acceptors (Lipinski definition) is 5. The molecule has 0 aromatic heterocycles. The lowest BCUT2D eigenvalue weighted by molar-refractivity contribution is 0.833. The molecule has 0 bridgehead atoms. The first-order chi connectivity index (χ1) is 31.6. The number of allylic oxidation sites excluding steroid dienone is 2. The summed E-state index contributed by atoms with van der Waals surface area (Å²) in [6, 6.07) is 77.5. The number of nitrogens with one attached hydrogen (secondary N) is 2. The zero-order valence-corrected chi connectivity index (χ0v) is 36.7. The van der Waals surface area contributed by atoms with E-state index in [-0.39, 0.29) is 0 Å². The molecular formula is C58H54N6. The van der Waals surface area contributed by atoms with Crippen LogP contribution in [-0.2, 0) is 0 Å². The summed E-state index contributed by atoms with van der Waals surface area (Å²) < 4.78 is 0. The highest BCUT2D eigenvalue weighted by Crippen LogP contribution is 2.36. The Bertz CT molecular complexity index is 2640. The Kier molecular flexibility index (Phi) is 16.0. The third-order valence-electron chi connectivity index (χ3n) is 10.2. The largest absolute Gasteiger partial charge is 0.362 e. The van der Waals surface area contributed by atoms with Gasteiger partial charge in [0.1, 0.15) is 0 Å². The second-order valence-corrected chi connectivity index (χ2v) is 14.7. The van der Waals surface area contributed by atoms with Crippen LogP contribution < -0.4 is 20.4 Å². The summed E-state index contributed by atoms with van der Waals surface area (Å²) in [5, 5.41) is 6.51. The third-order valence-corrected chi connectivity index (χ3v) is 10.2. The summed E-state index contributed by atoms with van der Waals surface area (Å²) in [5.41, 5.74) is 12.4. The zero-order valence-electron chi connectivity index (χ0n) is 36.7. The van der Waals surface area contributed by atoms with Gasteiger partial charge in [-0.15, -0.1) is 0 Å². The minimum absolute atomic E-state index is 0.419. The van der Waals surface area contributed by atoms with Gasteiger partial charge >= 0.3 is 0 Å². The second-order valence-electron chi connectivity index (χ2n) is 14.7. The van der Waals surface area contributed by atoms with Crippen molar-refractivity contribution in [3.8, 4) is 0 Å². The van der Waals surface area contributed by atoms with Gasteiger partial charge in [0.2, 0.25) is 0 Å². The van der Waals surface area contributed by atoms with E-state index in [0.717, 1.165) is 62.2 Å². The van der Waals surface area contributed by atoms with Gasteiger partial charge < -0.3 is 20.4 Å². The molecule has 6 nitrogen and oxygen atoms in total. The maximum absolute atomic E-state index is 5.36. The molecule has 8 aromatic carbocycles. The first-order valence-corrected chi connectivity index (χ1v) is 21.6. The predicted octanol–water partition coefficient (Wildman–Crippen LogP) is 14.8. The van der Waals surface area contributed by atoms with Gasteiger partial charge in [-0.05, 0) is 130 Å². The number of aliphatic imine (C=N–C) groups is 2. The molecule has 0 spiro atoms. The number of anilines is 7. The van der Waals surface area contributed by atoms with Crippen LogP contribution in [0.3, 0.4) is 0 Å². The average Bonchev–Trinajstić information content (AvgIpc) is 3.36. The topological polar surface area (TPSA) is 55.3 Å². The number of nitrogens with zero attached hydrogens (tertiary/aromatic N) is 4. The van der Waals surface area contributed by atoms with E-state index in [9.17, 15) is 0 Å². The minimum Gasteiger partial charge on any atom is -0.362 e. The summed E-state index contributed by atoms with van der Waals surface area (Å²) in [6.07, 6.45) is 8.03. The van der Waals surface area contributed by atoms with Crippen molar-refractivity contribution in [3.05, 3.63) is 265 Å². The van der Waals surface area contributed by atoms with Gasteiger partial charge in [-0.1, -0.05) is 146 Å². The van der Waals surface area contributed by atoms with Crippen molar-refractivity contribution < 1.29 is 0 Å². The van der Waals surface area contributed by atoms with E-state index < -0.39 is 0 Å². The normalized spacial score (nSPS) is 11.5. The molecule has 6 heteroatoms. The summed E-state index contributed by atoms with van der Waals surface area (Å²) in [6.45, 7) is 4.43. The molecule has 0 radical (unpaired) electrons. The molecule has 0 saturated carbocycles. The zero-order chi connectivity index (χ0) is 44.2. The highest BCUT2D eigenvalue weighted by Gasteiger charge is 2.17. The van der Waals surface area contributed by atoms with E-state index in [4.69, 9.17) is 9.98 Å². The Morgan fingerprint density at radius 1 is 0.438 bits per heavy atom. The molecule has 0 fully saturated rings. The highest BCUT2D eigenvalue weighted by molar-refractivity contribution is 6.20. The Labute approximate surface area is 379 Å². The maximum atomic E-state index is 5.36. The van der Waals surface area contributed by atoms with Gasteiger partial charge in [0.05, 0.1) is 12.4 Å². The standard InChI is InChI=1S/C49H44N6.C9H10/c1-3-36-51-41-30-24-38(25-31-41)48(39-26-32-46(33-27-39)54(42-16-8-4-9-17-42)43-18-10-5-11-19-43)53-49(52-37-50-2)40-28-34-47(35-29-40)55(44-20-12-6-13-21-44)45-22-14-7-15-23-45;1-2-6-9-7-4-3-5-8-9/h3-36,50-51H,37H2,1-2H3;2-8H,1H3/b36-3+,52-49-,53-48?;6-2-. The lowest BCUT2D eigenvalue weighted by atomic mass is 10.0. The molecule has 64 heavy (non-hydrogen) atoms. The number of benzene rings is 8. The van der Waals surface area contributed by atoms with Gasteiger partial charge in [0, 0.05) is 56.5 Å². The number of rotatable bonds is 14. The Balaban J connectivity index is 0.000000607. The fourth-order valence-corrected chi connectivity index (χ4v) is 7.14. The van der Waals surface area contributed by atoms with Crippen molar-refractivity contribution in [3.63, 3.8) is 0 Å². The van der Waals surface area contributed by atoms with Crippen molar-refractivity contribution in [2.24, 2.45) is 9.98 Å². The van der Waals surface area contributed by atoms with Crippen LogP contribution >= 0.6 is 0 Å². The molecule has 8 rings (SSSR count). The van der Waals surface area contributed by atoms with E-state index in [1.165, 1.54) is 5.56 Å². The van der Waals surface area contributed by atoms with Crippen LogP contribution in [0.5, 0.6) is 0 Å². The molecule has 0 heterocycles. The highest BCUT2D eigenvalue weighted by atomic mass is 15.1. The van der Waals surface area contributed by atoms with Gasteiger partial charge in [0.25, 0.3) is 0 Å². The molecule has 0 atom stereocenters. The molecule has 0 unspecified atom stereocenters. The van der Waals surface area contributed by atoms with Gasteiger partial charge in [-0.25, -0.2) is 4.99 Å². The van der Waals surface area contributed by atoms with E-state index >= 15 is 0 Å². The molecule has 8 aromatic rings. The SMILES string of the molecule is C/C=C/Nc1ccc(C(=N/C(=N\CNC)c2ccc(N(c3ccccc3)c3ccccc3)cc2)c2ccc(N(c3ccccc3)c3ccccc3)cc2)cc1.C/C=C\c1ccccc1. The van der Waals surface area contributed by atoms with Gasteiger partial charge in [-0.3, -0.25) is 4.99 Å². The number of para-hydroxylation sites is 4. The summed E-state index contributed by atoms with van der Waals surface area (Å²) in [4.78, 5) is 14.8. The van der Waals surface area contributed by atoms with E-state index in [1.54, 1.807) is 0 Å². The van der Waals surface area contributed by atoms with Crippen molar-refractivity contribution in [1.82, 2.24) is 5.32 Å². The van der Waals surface area contributed by atoms with Crippen LogP contribution in [0.25, 0.3) is 6.08 Å². The van der Waals surface area contributed by atoms with Crippen molar-refractivity contribution in [2.45, 2.75) is 13.8 Å². The van der Waals surface area contributed by atoms with E-state index in [1.807, 2.05) is 81.7 Å².